The summed E-state index contributed by atoms with van der Waals surface area (Å²) in [7, 11) is 1.57. The first-order chi connectivity index (χ1) is 15.7. The summed E-state index contributed by atoms with van der Waals surface area (Å²) < 4.78 is 7.24. The second-order valence-corrected chi connectivity index (χ2v) is 7.71. The summed E-state index contributed by atoms with van der Waals surface area (Å²) in [6, 6.07) is 22.3. The minimum Gasteiger partial charge on any atom is -0.495 e. The summed E-state index contributed by atoms with van der Waals surface area (Å²) in [6.45, 7) is 0. The molecule has 1 aliphatic heterocycles. The van der Waals surface area contributed by atoms with Crippen LogP contribution >= 0.6 is 0 Å². The highest BCUT2D eigenvalue weighted by atomic mass is 16.5. The van der Waals surface area contributed by atoms with E-state index in [0.29, 0.717) is 28.3 Å². The number of ether oxygens (including phenoxy) is 1. The van der Waals surface area contributed by atoms with Crippen LogP contribution in [0.25, 0.3) is 27.5 Å². The van der Waals surface area contributed by atoms with Crippen LogP contribution in [0.1, 0.15) is 26.4 Å². The van der Waals surface area contributed by atoms with E-state index in [9.17, 15) is 9.59 Å². The quantitative estimate of drug-likeness (QED) is 0.417. The smallest absolute Gasteiger partial charge is 0.284 e. The molecule has 0 bridgehead atoms. The second kappa shape index (κ2) is 6.78. The Kier molecular flexibility index (Phi) is 3.89. The van der Waals surface area contributed by atoms with Crippen molar-refractivity contribution in [3.63, 3.8) is 0 Å². The minimum absolute atomic E-state index is 0.00750. The van der Waals surface area contributed by atoms with E-state index in [0.717, 1.165) is 27.5 Å². The maximum Gasteiger partial charge on any atom is 0.284 e. The molecule has 3 aromatic carbocycles. The van der Waals surface area contributed by atoms with E-state index in [4.69, 9.17) is 4.74 Å². The Balaban J connectivity index is 1.45. The Hall–Kier alpha value is -4.45. The van der Waals surface area contributed by atoms with Gasteiger partial charge in [0.25, 0.3) is 17.4 Å². The number of carbonyl (C=O) groups is 2. The van der Waals surface area contributed by atoms with E-state index in [1.807, 2.05) is 65.4 Å². The van der Waals surface area contributed by atoms with Gasteiger partial charge in [0.1, 0.15) is 16.8 Å². The van der Waals surface area contributed by atoms with E-state index >= 15 is 0 Å². The Bertz CT molecular complexity index is 1580. The molecule has 6 rings (SSSR count). The fourth-order valence-electron chi connectivity index (χ4n) is 4.43. The number of amides is 1. The molecule has 2 aromatic heterocycles. The van der Waals surface area contributed by atoms with E-state index < -0.39 is 0 Å². The third kappa shape index (κ3) is 2.56. The molecule has 0 radical (unpaired) electrons. The number of ketones is 1. The van der Waals surface area contributed by atoms with Gasteiger partial charge in [-0.3, -0.25) is 9.59 Å². The summed E-state index contributed by atoms with van der Waals surface area (Å²) in [5.74, 6) is 0.358. The lowest BCUT2D eigenvalue weighted by Crippen LogP contribution is -2.31. The van der Waals surface area contributed by atoms with Crippen LogP contribution in [-0.2, 0) is 0 Å². The molecular formula is C26H18N3O3+. The zero-order chi connectivity index (χ0) is 21.8. The van der Waals surface area contributed by atoms with Crippen LogP contribution in [0.15, 0.2) is 79.0 Å². The van der Waals surface area contributed by atoms with Crippen molar-refractivity contribution in [2.24, 2.45) is 0 Å². The number of hydrogen-bond acceptors (Lipinski definition) is 3. The standard InChI is InChI=1S/C26H17N3O3/c1-32-22-9-5-3-7-20(22)28-26(31)15-10-11-19-18(14-15)16-12-13-29-21-8-4-2-6-17(21)25(30)24(29)23(16)27-19/h2-14H,1H3,(H,28,31)/p+1. The molecule has 3 heterocycles. The normalized spacial score (nSPS) is 12.1. The number of benzene rings is 3. The molecule has 0 spiro atoms. The number of para-hydroxylation sites is 3. The Morgan fingerprint density at radius 3 is 2.66 bits per heavy atom. The van der Waals surface area contributed by atoms with Gasteiger partial charge in [-0.2, -0.15) is 4.57 Å². The van der Waals surface area contributed by atoms with E-state index in [-0.39, 0.29) is 11.7 Å². The third-order valence-electron chi connectivity index (χ3n) is 5.95. The maximum atomic E-state index is 13.1. The van der Waals surface area contributed by atoms with E-state index in [1.165, 1.54) is 0 Å². The molecule has 1 aliphatic rings. The van der Waals surface area contributed by atoms with Gasteiger partial charge in [0.15, 0.2) is 6.20 Å². The van der Waals surface area contributed by atoms with Crippen LogP contribution in [0.3, 0.4) is 0 Å². The molecule has 154 valence electrons. The number of rotatable bonds is 3. The Morgan fingerprint density at radius 1 is 0.969 bits per heavy atom. The van der Waals surface area contributed by atoms with Crippen molar-refractivity contribution in [1.82, 2.24) is 4.98 Å². The molecule has 0 unspecified atom stereocenters. The summed E-state index contributed by atoms with van der Waals surface area (Å²) in [4.78, 5) is 29.4. The zero-order valence-corrected chi connectivity index (χ0v) is 17.2. The monoisotopic (exact) mass is 420 g/mol. The number of nitrogens with one attached hydrogen (secondary N) is 2. The van der Waals surface area contributed by atoms with Gasteiger partial charge in [0, 0.05) is 34.0 Å². The van der Waals surface area contributed by atoms with Gasteiger partial charge in [-0.1, -0.05) is 24.3 Å². The number of nitrogens with zero attached hydrogens (tertiary/aromatic N) is 1. The lowest BCUT2D eigenvalue weighted by molar-refractivity contribution is -0.592. The molecule has 6 heteroatoms. The van der Waals surface area contributed by atoms with Crippen molar-refractivity contribution in [2.75, 3.05) is 12.4 Å². The van der Waals surface area contributed by atoms with Crippen LogP contribution < -0.4 is 14.6 Å². The minimum atomic E-state index is -0.232. The summed E-state index contributed by atoms with van der Waals surface area (Å²) in [5, 5.41) is 4.70. The van der Waals surface area contributed by atoms with Crippen molar-refractivity contribution in [2.45, 2.75) is 0 Å². The van der Waals surface area contributed by atoms with Crippen molar-refractivity contribution < 1.29 is 18.9 Å². The zero-order valence-electron chi connectivity index (χ0n) is 17.2. The fourth-order valence-corrected chi connectivity index (χ4v) is 4.43. The number of fused-ring (bicyclic) bond motifs is 7. The van der Waals surface area contributed by atoms with Crippen molar-refractivity contribution in [1.29, 1.82) is 0 Å². The number of aromatic amines is 1. The first-order valence-electron chi connectivity index (χ1n) is 10.2. The average molecular weight is 420 g/mol. The van der Waals surface area contributed by atoms with Gasteiger partial charge < -0.3 is 15.0 Å². The predicted molar refractivity (Wildman–Crippen MR) is 122 cm³/mol. The summed E-state index contributed by atoms with van der Waals surface area (Å²) in [6.07, 6.45) is 1.91. The number of methoxy groups -OCH3 is 1. The summed E-state index contributed by atoms with van der Waals surface area (Å²) >= 11 is 0. The molecule has 0 saturated carbocycles. The fraction of sp³-hybridized carbons (Fsp3) is 0.0385. The molecule has 6 nitrogen and oxygen atoms in total. The molecule has 32 heavy (non-hydrogen) atoms. The first kappa shape index (κ1) is 18.3. The molecule has 0 atom stereocenters. The SMILES string of the molecule is COc1ccccc1NC(=O)c1ccc2[nH]c3c4[n+](ccc3c2c1)-c1ccccc1C4=O. The van der Waals surface area contributed by atoms with Crippen LogP contribution in [0, 0.1) is 0 Å². The van der Waals surface area contributed by atoms with Gasteiger partial charge in [-0.15, -0.1) is 0 Å². The van der Waals surface area contributed by atoms with Crippen molar-refractivity contribution in [3.05, 3.63) is 95.8 Å². The first-order valence-corrected chi connectivity index (χ1v) is 10.2. The number of H-pyrrole nitrogens is 1. The predicted octanol–water partition coefficient (Wildman–Crippen LogP) is 4.40. The molecule has 0 saturated heterocycles. The van der Waals surface area contributed by atoms with Gasteiger partial charge >= 0.3 is 0 Å². The lowest BCUT2D eigenvalue weighted by atomic mass is 10.1. The van der Waals surface area contributed by atoms with Gasteiger partial charge in [-0.05, 0) is 36.4 Å². The average Bonchev–Trinajstić information content (AvgIpc) is 3.34. The lowest BCUT2D eigenvalue weighted by Gasteiger charge is -2.09. The van der Waals surface area contributed by atoms with Crippen LogP contribution in [0.2, 0.25) is 0 Å². The van der Waals surface area contributed by atoms with Crippen LogP contribution in [-0.4, -0.2) is 23.8 Å². The van der Waals surface area contributed by atoms with Crippen molar-refractivity contribution >= 4 is 39.2 Å². The Morgan fingerprint density at radius 2 is 1.78 bits per heavy atom. The van der Waals surface area contributed by atoms with E-state index in [1.54, 1.807) is 25.3 Å². The number of anilines is 1. The molecular weight excluding hydrogens is 402 g/mol. The van der Waals surface area contributed by atoms with Crippen LogP contribution in [0.5, 0.6) is 5.75 Å². The highest BCUT2D eigenvalue weighted by Crippen LogP contribution is 2.32. The highest BCUT2D eigenvalue weighted by Gasteiger charge is 2.38. The molecule has 0 fully saturated rings. The van der Waals surface area contributed by atoms with Gasteiger partial charge in [0.2, 0.25) is 5.69 Å². The topological polar surface area (TPSA) is 75.1 Å². The number of hydrogen-bond donors (Lipinski definition) is 2. The van der Waals surface area contributed by atoms with Crippen molar-refractivity contribution in [3.8, 4) is 11.4 Å². The van der Waals surface area contributed by atoms with Gasteiger partial charge in [-0.25, -0.2) is 0 Å². The molecule has 5 aromatic rings. The largest absolute Gasteiger partial charge is 0.495 e. The maximum absolute atomic E-state index is 13.1. The third-order valence-corrected chi connectivity index (χ3v) is 5.95. The van der Waals surface area contributed by atoms with Crippen LogP contribution in [0.4, 0.5) is 5.69 Å². The van der Waals surface area contributed by atoms with Gasteiger partial charge in [0.05, 0.1) is 12.8 Å². The number of carbonyl (C=O) groups excluding carboxylic acids is 2. The summed E-state index contributed by atoms with van der Waals surface area (Å²) in [5.41, 5.74) is 4.95. The molecule has 2 N–H and O–H groups in total. The highest BCUT2D eigenvalue weighted by molar-refractivity contribution is 6.21. The Labute approximate surface area is 183 Å². The number of aromatic nitrogens is 2. The second-order valence-electron chi connectivity index (χ2n) is 7.71. The molecule has 0 aliphatic carbocycles. The number of pyridine rings is 1. The molecule has 1 amide bonds. The van der Waals surface area contributed by atoms with E-state index in [2.05, 4.69) is 10.3 Å².